The van der Waals surface area contributed by atoms with Gasteiger partial charge in [-0.1, -0.05) is 12.1 Å². The van der Waals surface area contributed by atoms with Crippen LogP contribution in [0.2, 0.25) is 0 Å². The van der Waals surface area contributed by atoms with E-state index in [9.17, 15) is 4.57 Å². The number of nitrogens with one attached hydrogen (secondary N) is 2. The van der Waals surface area contributed by atoms with E-state index in [1.807, 2.05) is 31.2 Å². The highest BCUT2D eigenvalue weighted by Gasteiger charge is 2.29. The fraction of sp³-hybridized carbons (Fsp3) is 0.419. The van der Waals surface area contributed by atoms with Gasteiger partial charge in [0.15, 0.2) is 0 Å². The highest BCUT2D eigenvalue weighted by Crippen LogP contribution is 2.40. The smallest absolute Gasteiger partial charge is 0.230 e. The molecule has 41 heavy (non-hydrogen) atoms. The van der Waals surface area contributed by atoms with Gasteiger partial charge in [-0.05, 0) is 94.7 Å². The van der Waals surface area contributed by atoms with Crippen LogP contribution in [0.15, 0.2) is 47.8 Å². The standard InChI is InChI=1S/C31H39N6O2PS/c1-5-39-26-19-22(11-12-25(26)37-17-13-23(14-18-37)36-15-8-16-36)32-31-34-29(28-21(2)20-41-30(28)35-31)33-24-9-6-7-10-27(24)40(3,4)38/h6-7,9-12,19-20,23H,5,8,13-18H2,1-4H3,(H2,32,33,34,35). The molecule has 0 bridgehead atoms. The number of hydrogen-bond donors (Lipinski definition) is 2. The molecule has 2 aromatic carbocycles. The first-order chi connectivity index (χ1) is 19.8. The van der Waals surface area contributed by atoms with Gasteiger partial charge >= 0.3 is 0 Å². The second-order valence-corrected chi connectivity index (χ2v) is 15.4. The van der Waals surface area contributed by atoms with E-state index in [0.717, 1.165) is 63.0 Å². The molecule has 216 valence electrons. The van der Waals surface area contributed by atoms with Crippen LogP contribution in [0, 0.1) is 6.92 Å². The van der Waals surface area contributed by atoms with Crippen LogP contribution in [0.3, 0.4) is 0 Å². The van der Waals surface area contributed by atoms with E-state index in [2.05, 4.69) is 50.9 Å². The molecule has 8 nitrogen and oxygen atoms in total. The van der Waals surface area contributed by atoms with Gasteiger partial charge in [-0.15, -0.1) is 11.3 Å². The molecule has 0 radical (unpaired) electrons. The lowest BCUT2D eigenvalue weighted by molar-refractivity contribution is 0.100. The Morgan fingerprint density at radius 3 is 2.54 bits per heavy atom. The van der Waals surface area contributed by atoms with E-state index in [1.54, 1.807) is 24.7 Å². The van der Waals surface area contributed by atoms with Crippen molar-refractivity contribution in [1.29, 1.82) is 0 Å². The topological polar surface area (TPSA) is 82.6 Å². The van der Waals surface area contributed by atoms with Crippen LogP contribution in [-0.4, -0.2) is 67.0 Å². The number of rotatable bonds is 9. The number of aryl methyl sites for hydroxylation is 1. The Kier molecular flexibility index (Phi) is 7.94. The molecule has 2 saturated heterocycles. The number of aromatic nitrogens is 2. The Balaban J connectivity index is 1.27. The minimum absolute atomic E-state index is 0.501. The van der Waals surface area contributed by atoms with Crippen LogP contribution in [0.5, 0.6) is 5.75 Å². The van der Waals surface area contributed by atoms with Gasteiger partial charge in [-0.25, -0.2) is 4.98 Å². The molecule has 2 aliphatic rings. The van der Waals surface area contributed by atoms with Crippen molar-refractivity contribution in [2.24, 2.45) is 0 Å². The molecule has 0 saturated carbocycles. The number of hydrogen-bond acceptors (Lipinski definition) is 9. The van der Waals surface area contributed by atoms with Gasteiger partial charge in [0.2, 0.25) is 5.95 Å². The van der Waals surface area contributed by atoms with Gasteiger partial charge in [0.25, 0.3) is 0 Å². The lowest BCUT2D eigenvalue weighted by Crippen LogP contribution is -2.50. The van der Waals surface area contributed by atoms with Crippen LogP contribution in [0.4, 0.5) is 28.8 Å². The third-order valence-corrected chi connectivity index (χ3v) is 10.6. The molecule has 0 atom stereocenters. The van der Waals surface area contributed by atoms with Crippen molar-refractivity contribution in [3.05, 3.63) is 53.4 Å². The van der Waals surface area contributed by atoms with Gasteiger partial charge in [-0.2, -0.15) is 4.98 Å². The SMILES string of the molecule is CCOc1cc(Nc2nc(Nc3ccccc3P(C)(C)=O)c3c(C)csc3n2)ccc1N1CCC(N2CCC2)CC1. The van der Waals surface area contributed by atoms with Crippen LogP contribution < -0.4 is 25.6 Å². The van der Waals surface area contributed by atoms with Crippen LogP contribution in [-0.2, 0) is 4.57 Å². The fourth-order valence-corrected chi connectivity index (χ4v) is 7.91. The molecule has 2 fully saturated rings. The van der Waals surface area contributed by atoms with Crippen LogP contribution in [0.25, 0.3) is 10.2 Å². The summed E-state index contributed by atoms with van der Waals surface area (Å²) >= 11 is 1.59. The number of nitrogens with zero attached hydrogens (tertiary/aromatic N) is 4. The number of likely N-dealkylation sites (tertiary alicyclic amines) is 1. The zero-order valence-electron chi connectivity index (χ0n) is 24.3. The number of benzene rings is 2. The third-order valence-electron chi connectivity index (χ3n) is 8.08. The first kappa shape index (κ1) is 28.0. The van der Waals surface area contributed by atoms with E-state index in [1.165, 1.54) is 32.4 Å². The lowest BCUT2D eigenvalue weighted by Gasteiger charge is -2.43. The molecule has 0 spiro atoms. The van der Waals surface area contributed by atoms with Crippen molar-refractivity contribution >= 4 is 62.8 Å². The van der Waals surface area contributed by atoms with E-state index >= 15 is 0 Å². The summed E-state index contributed by atoms with van der Waals surface area (Å²) < 4.78 is 19.1. The fourth-order valence-electron chi connectivity index (χ4n) is 5.84. The summed E-state index contributed by atoms with van der Waals surface area (Å²) in [6.07, 6.45) is 3.74. The van der Waals surface area contributed by atoms with Crippen molar-refractivity contribution in [3.63, 3.8) is 0 Å². The number of ether oxygens (including phenoxy) is 1. The van der Waals surface area contributed by atoms with Gasteiger partial charge in [0.1, 0.15) is 23.5 Å². The predicted octanol–water partition coefficient (Wildman–Crippen LogP) is 6.81. The molecule has 0 aliphatic carbocycles. The third kappa shape index (κ3) is 5.94. The molecule has 4 aromatic rings. The minimum Gasteiger partial charge on any atom is -0.492 e. The summed E-state index contributed by atoms with van der Waals surface area (Å²) in [6, 6.07) is 14.8. The highest BCUT2D eigenvalue weighted by molar-refractivity contribution is 7.70. The summed E-state index contributed by atoms with van der Waals surface area (Å²) in [5.41, 5.74) is 3.93. The number of piperidine rings is 1. The number of fused-ring (bicyclic) bond motifs is 1. The van der Waals surface area contributed by atoms with E-state index in [4.69, 9.17) is 14.7 Å². The Morgan fingerprint density at radius 2 is 1.83 bits per heavy atom. The molecule has 4 heterocycles. The van der Waals surface area contributed by atoms with Crippen LogP contribution in [0.1, 0.15) is 31.7 Å². The zero-order chi connectivity index (χ0) is 28.6. The highest BCUT2D eigenvalue weighted by atomic mass is 32.1. The Morgan fingerprint density at radius 1 is 1.05 bits per heavy atom. The quantitative estimate of drug-likeness (QED) is 0.206. The molecule has 2 aromatic heterocycles. The second kappa shape index (κ2) is 11.6. The van der Waals surface area contributed by atoms with E-state index in [-0.39, 0.29) is 0 Å². The Labute approximate surface area is 246 Å². The van der Waals surface area contributed by atoms with E-state index in [0.29, 0.717) is 18.4 Å². The van der Waals surface area contributed by atoms with Crippen molar-refractivity contribution in [3.8, 4) is 5.75 Å². The molecule has 6 rings (SSSR count). The maximum absolute atomic E-state index is 13.0. The first-order valence-corrected chi connectivity index (χ1v) is 18.0. The Hall–Kier alpha value is -3.13. The normalized spacial score (nSPS) is 16.5. The van der Waals surface area contributed by atoms with Crippen molar-refractivity contribution < 1.29 is 9.30 Å². The van der Waals surface area contributed by atoms with Crippen molar-refractivity contribution in [2.75, 3.05) is 61.6 Å². The van der Waals surface area contributed by atoms with Crippen LogP contribution >= 0.6 is 18.5 Å². The molecule has 0 amide bonds. The average Bonchev–Trinajstić information content (AvgIpc) is 3.29. The molecule has 10 heteroatoms. The molecule has 2 N–H and O–H groups in total. The van der Waals surface area contributed by atoms with Gasteiger partial charge in [0, 0.05) is 36.2 Å². The first-order valence-electron chi connectivity index (χ1n) is 14.5. The maximum atomic E-state index is 13.0. The van der Waals surface area contributed by atoms with Crippen molar-refractivity contribution in [2.45, 2.75) is 39.2 Å². The number of anilines is 5. The monoisotopic (exact) mass is 590 g/mol. The second-order valence-electron chi connectivity index (χ2n) is 11.3. The minimum atomic E-state index is -2.49. The summed E-state index contributed by atoms with van der Waals surface area (Å²) in [7, 11) is -2.49. The van der Waals surface area contributed by atoms with Gasteiger partial charge in [0.05, 0.1) is 23.4 Å². The molecular formula is C31H39N6O2PS. The zero-order valence-corrected chi connectivity index (χ0v) is 26.0. The molecule has 0 unspecified atom stereocenters. The Bertz CT molecular complexity index is 1590. The van der Waals surface area contributed by atoms with E-state index < -0.39 is 7.14 Å². The maximum Gasteiger partial charge on any atom is 0.230 e. The summed E-state index contributed by atoms with van der Waals surface area (Å²) in [6.45, 7) is 12.9. The summed E-state index contributed by atoms with van der Waals surface area (Å²) in [5, 5.41) is 10.8. The number of para-hydroxylation sites is 1. The average molecular weight is 591 g/mol. The summed E-state index contributed by atoms with van der Waals surface area (Å²) in [5.74, 6) is 2.08. The lowest BCUT2D eigenvalue weighted by atomic mass is 9.99. The van der Waals surface area contributed by atoms with Gasteiger partial charge in [-0.3, -0.25) is 0 Å². The van der Waals surface area contributed by atoms with Crippen molar-refractivity contribution in [1.82, 2.24) is 14.9 Å². The largest absolute Gasteiger partial charge is 0.492 e. The van der Waals surface area contributed by atoms with Gasteiger partial charge < -0.3 is 29.7 Å². The molecule has 2 aliphatic heterocycles. The predicted molar refractivity (Wildman–Crippen MR) is 173 cm³/mol. The number of thiophene rings is 1. The summed E-state index contributed by atoms with van der Waals surface area (Å²) in [4.78, 5) is 15.7. The molecular weight excluding hydrogens is 551 g/mol.